The van der Waals surface area contributed by atoms with Crippen molar-refractivity contribution in [2.75, 3.05) is 0 Å². The van der Waals surface area contributed by atoms with Crippen LogP contribution in [0.25, 0.3) is 0 Å². The van der Waals surface area contributed by atoms with Gasteiger partial charge in [-0.05, 0) is 19.4 Å². The van der Waals surface area contributed by atoms with Gasteiger partial charge in [-0.1, -0.05) is 6.92 Å². The standard InChI is InChI=1S/C12H14F3N3OS/c1-3-7-5-8(18(4-2)17-7)10(19)9-6-16-11(20-9)12(13,14)15/h5-6,10,19H,3-4H2,1-2H3. The first-order valence-corrected chi connectivity index (χ1v) is 6.96. The van der Waals surface area contributed by atoms with E-state index >= 15 is 0 Å². The molecule has 110 valence electrons. The molecule has 0 amide bonds. The van der Waals surface area contributed by atoms with Gasteiger partial charge in [-0.3, -0.25) is 4.68 Å². The Hall–Kier alpha value is -1.41. The molecule has 0 radical (unpaired) electrons. The number of aryl methyl sites for hydroxylation is 2. The summed E-state index contributed by atoms with van der Waals surface area (Å²) in [5.41, 5.74) is 1.28. The number of rotatable bonds is 4. The third-order valence-corrected chi connectivity index (χ3v) is 3.93. The lowest BCUT2D eigenvalue weighted by Crippen LogP contribution is -2.08. The van der Waals surface area contributed by atoms with E-state index in [1.165, 1.54) is 0 Å². The average molecular weight is 305 g/mol. The fraction of sp³-hybridized carbons (Fsp3) is 0.500. The Morgan fingerprint density at radius 3 is 2.60 bits per heavy atom. The van der Waals surface area contributed by atoms with Gasteiger partial charge in [0, 0.05) is 12.7 Å². The third kappa shape index (κ3) is 2.85. The summed E-state index contributed by atoms with van der Waals surface area (Å²) >= 11 is 0.452. The fourth-order valence-corrected chi connectivity index (χ4v) is 2.61. The normalized spacial score (nSPS) is 13.7. The van der Waals surface area contributed by atoms with E-state index in [9.17, 15) is 18.3 Å². The lowest BCUT2D eigenvalue weighted by molar-refractivity contribution is -0.137. The van der Waals surface area contributed by atoms with Crippen LogP contribution in [0.2, 0.25) is 0 Å². The maximum atomic E-state index is 12.5. The molecule has 0 bridgehead atoms. The van der Waals surface area contributed by atoms with E-state index in [0.29, 0.717) is 30.0 Å². The molecule has 0 aliphatic carbocycles. The molecule has 2 aromatic rings. The predicted molar refractivity (Wildman–Crippen MR) is 68.5 cm³/mol. The molecule has 2 aromatic heterocycles. The van der Waals surface area contributed by atoms with Crippen LogP contribution < -0.4 is 0 Å². The second-order valence-corrected chi connectivity index (χ2v) is 5.26. The predicted octanol–water partition coefficient (Wildman–Crippen LogP) is 3.02. The summed E-state index contributed by atoms with van der Waals surface area (Å²) in [6.45, 7) is 4.32. The zero-order chi connectivity index (χ0) is 14.9. The summed E-state index contributed by atoms with van der Waals surface area (Å²) in [7, 11) is 0. The first-order chi connectivity index (χ1) is 9.36. The summed E-state index contributed by atoms with van der Waals surface area (Å²) in [4.78, 5) is 3.48. The van der Waals surface area contributed by atoms with Crippen molar-refractivity contribution in [3.63, 3.8) is 0 Å². The SMILES string of the molecule is CCc1cc(C(O)c2cnc(C(F)(F)F)s2)n(CC)n1. The number of hydrogen-bond donors (Lipinski definition) is 1. The smallest absolute Gasteiger partial charge is 0.381 e. The number of aliphatic hydroxyl groups is 1. The number of hydrogen-bond acceptors (Lipinski definition) is 4. The van der Waals surface area contributed by atoms with Gasteiger partial charge in [-0.2, -0.15) is 18.3 Å². The van der Waals surface area contributed by atoms with Gasteiger partial charge in [0.05, 0.1) is 16.3 Å². The van der Waals surface area contributed by atoms with Crippen molar-refractivity contribution >= 4 is 11.3 Å². The molecule has 20 heavy (non-hydrogen) atoms. The Bertz CT molecular complexity index is 591. The molecule has 8 heteroatoms. The number of aliphatic hydroxyl groups excluding tert-OH is 1. The molecule has 0 saturated heterocycles. The Morgan fingerprint density at radius 1 is 1.40 bits per heavy atom. The molecule has 0 aromatic carbocycles. The molecule has 0 saturated carbocycles. The van der Waals surface area contributed by atoms with Gasteiger partial charge >= 0.3 is 6.18 Å². The van der Waals surface area contributed by atoms with Crippen LogP contribution >= 0.6 is 11.3 Å². The van der Waals surface area contributed by atoms with Gasteiger partial charge in [-0.25, -0.2) is 4.98 Å². The van der Waals surface area contributed by atoms with Crippen LogP contribution in [0.3, 0.4) is 0 Å². The van der Waals surface area contributed by atoms with Crippen LogP contribution in [0, 0.1) is 0 Å². The molecule has 4 nitrogen and oxygen atoms in total. The van der Waals surface area contributed by atoms with Crippen molar-refractivity contribution in [3.8, 4) is 0 Å². The molecule has 1 atom stereocenters. The zero-order valence-electron chi connectivity index (χ0n) is 11.0. The van der Waals surface area contributed by atoms with E-state index in [4.69, 9.17) is 0 Å². The van der Waals surface area contributed by atoms with Crippen molar-refractivity contribution in [2.24, 2.45) is 0 Å². The van der Waals surface area contributed by atoms with Crippen molar-refractivity contribution in [1.29, 1.82) is 0 Å². The van der Waals surface area contributed by atoms with Crippen molar-refractivity contribution < 1.29 is 18.3 Å². The summed E-state index contributed by atoms with van der Waals surface area (Å²) in [6, 6.07) is 1.71. The minimum atomic E-state index is -4.48. The average Bonchev–Trinajstić information content (AvgIpc) is 3.03. The minimum Gasteiger partial charge on any atom is -0.381 e. The Balaban J connectivity index is 2.33. The zero-order valence-corrected chi connectivity index (χ0v) is 11.8. The molecular formula is C12H14F3N3OS. The van der Waals surface area contributed by atoms with E-state index < -0.39 is 17.3 Å². The largest absolute Gasteiger partial charge is 0.443 e. The Kier molecular flexibility index (Phi) is 4.14. The maximum Gasteiger partial charge on any atom is 0.443 e. The molecule has 1 N–H and O–H groups in total. The van der Waals surface area contributed by atoms with Crippen LogP contribution in [0.4, 0.5) is 13.2 Å². The summed E-state index contributed by atoms with van der Waals surface area (Å²) < 4.78 is 39.2. The lowest BCUT2D eigenvalue weighted by atomic mass is 10.2. The number of alkyl halides is 3. The summed E-state index contributed by atoms with van der Waals surface area (Å²) in [5.74, 6) is 0. The third-order valence-electron chi connectivity index (χ3n) is 2.84. The van der Waals surface area contributed by atoms with Crippen LogP contribution in [0.5, 0.6) is 0 Å². The fourth-order valence-electron chi connectivity index (χ4n) is 1.82. The van der Waals surface area contributed by atoms with Crippen LogP contribution in [-0.4, -0.2) is 19.9 Å². The van der Waals surface area contributed by atoms with Crippen molar-refractivity contribution in [2.45, 2.75) is 39.1 Å². The Morgan fingerprint density at radius 2 is 2.10 bits per heavy atom. The minimum absolute atomic E-state index is 0.162. The van der Waals surface area contributed by atoms with Crippen molar-refractivity contribution in [1.82, 2.24) is 14.8 Å². The van der Waals surface area contributed by atoms with Gasteiger partial charge in [0.25, 0.3) is 0 Å². The molecule has 0 aliphatic heterocycles. The van der Waals surface area contributed by atoms with Crippen LogP contribution in [0.1, 0.15) is 41.2 Å². The summed E-state index contributed by atoms with van der Waals surface area (Å²) in [6.07, 6.45) is -3.86. The van der Waals surface area contributed by atoms with E-state index in [1.807, 2.05) is 13.8 Å². The molecule has 0 fully saturated rings. The van der Waals surface area contributed by atoms with Gasteiger partial charge in [-0.15, -0.1) is 11.3 Å². The topological polar surface area (TPSA) is 50.9 Å². The van der Waals surface area contributed by atoms with E-state index in [1.54, 1.807) is 10.7 Å². The first kappa shape index (κ1) is 15.0. The second-order valence-electron chi connectivity index (χ2n) is 4.20. The monoisotopic (exact) mass is 305 g/mol. The second kappa shape index (κ2) is 5.53. The molecule has 0 spiro atoms. The highest BCUT2D eigenvalue weighted by atomic mass is 32.1. The van der Waals surface area contributed by atoms with Crippen LogP contribution in [0.15, 0.2) is 12.3 Å². The highest BCUT2D eigenvalue weighted by Crippen LogP contribution is 2.36. The molecule has 0 aliphatic rings. The lowest BCUT2D eigenvalue weighted by Gasteiger charge is -2.09. The first-order valence-electron chi connectivity index (χ1n) is 6.14. The summed E-state index contributed by atoms with van der Waals surface area (Å²) in [5, 5.41) is 13.5. The van der Waals surface area contributed by atoms with E-state index in [2.05, 4.69) is 10.1 Å². The van der Waals surface area contributed by atoms with E-state index in [-0.39, 0.29) is 4.88 Å². The number of nitrogens with zero attached hydrogens (tertiary/aromatic N) is 3. The number of thiazole rings is 1. The number of aromatic nitrogens is 3. The molecule has 2 heterocycles. The van der Waals surface area contributed by atoms with Gasteiger partial charge in [0.15, 0.2) is 5.01 Å². The molecule has 1 unspecified atom stereocenters. The molecular weight excluding hydrogens is 291 g/mol. The van der Waals surface area contributed by atoms with Gasteiger partial charge < -0.3 is 5.11 Å². The van der Waals surface area contributed by atoms with Crippen LogP contribution in [-0.2, 0) is 19.1 Å². The van der Waals surface area contributed by atoms with Gasteiger partial charge in [0.1, 0.15) is 6.10 Å². The molecule has 2 rings (SSSR count). The quantitative estimate of drug-likeness (QED) is 0.944. The number of halogens is 3. The highest BCUT2D eigenvalue weighted by Gasteiger charge is 2.35. The van der Waals surface area contributed by atoms with Crippen molar-refractivity contribution in [3.05, 3.63) is 33.5 Å². The van der Waals surface area contributed by atoms with E-state index in [0.717, 1.165) is 11.9 Å². The Labute approximate surface area is 117 Å². The maximum absolute atomic E-state index is 12.5. The van der Waals surface area contributed by atoms with Gasteiger partial charge in [0.2, 0.25) is 0 Å². The highest BCUT2D eigenvalue weighted by molar-refractivity contribution is 7.11.